The van der Waals surface area contributed by atoms with E-state index in [0.717, 1.165) is 0 Å². The lowest BCUT2D eigenvalue weighted by atomic mass is 10.2. The molecule has 0 aromatic carbocycles. The summed E-state index contributed by atoms with van der Waals surface area (Å²) in [5.74, 6) is -2.29. The summed E-state index contributed by atoms with van der Waals surface area (Å²) in [5.41, 5.74) is 24.4. The van der Waals surface area contributed by atoms with Gasteiger partial charge in [0.2, 0.25) is 5.91 Å². The summed E-state index contributed by atoms with van der Waals surface area (Å²) in [5, 5.41) is 40.0. The van der Waals surface area contributed by atoms with E-state index in [0.29, 0.717) is 19.4 Å². The molecule has 0 spiro atoms. The summed E-state index contributed by atoms with van der Waals surface area (Å²) in [6.45, 7) is 0.719. The summed E-state index contributed by atoms with van der Waals surface area (Å²) in [4.78, 5) is 32.4. The number of nitrogens with two attached hydrogens (primary N) is 5. The average Bonchev–Trinajstić information content (AvgIpc) is 2.57. The van der Waals surface area contributed by atoms with Crippen molar-refractivity contribution in [3.63, 3.8) is 0 Å². The molecule has 0 aliphatic carbocycles. The Labute approximate surface area is 156 Å². The molecule has 14 nitrogen and oxygen atoms in total. The van der Waals surface area contributed by atoms with Crippen LogP contribution in [0.5, 0.6) is 0 Å². The molecule has 0 aliphatic heterocycles. The van der Waals surface area contributed by atoms with Gasteiger partial charge in [-0.25, -0.2) is 0 Å². The predicted molar refractivity (Wildman–Crippen MR) is 97.3 cm³/mol. The van der Waals surface area contributed by atoms with Gasteiger partial charge >= 0.3 is 11.9 Å². The second-order valence-corrected chi connectivity index (χ2v) is 4.62. The number of carbonyl (C=O) groups is 3. The standard InChI is InChI=1S/C6H14N4O2.C3H8O3.C2H5NO2.C2H5NO/c7-4(5(11)12)2-1-3-10-6(8)9;4-1-3(6)2-5;3-1-2(4)5;1-2(3)4/h4H,1-3,7H2,(H,11,12)(H4,8,9,10);3-6H,1-2H2;1,3H2,(H,4,5);1H3,(H2,3,4). The maximum absolute atomic E-state index is 10.2. The van der Waals surface area contributed by atoms with E-state index in [4.69, 9.17) is 42.7 Å². The van der Waals surface area contributed by atoms with Gasteiger partial charge in [-0.1, -0.05) is 0 Å². The first-order chi connectivity index (χ1) is 12.3. The van der Waals surface area contributed by atoms with Crippen LogP contribution in [0.3, 0.4) is 0 Å². The van der Waals surface area contributed by atoms with Crippen LogP contribution in [-0.4, -0.2) is 87.8 Å². The van der Waals surface area contributed by atoms with Crippen molar-refractivity contribution in [1.29, 1.82) is 0 Å². The molecular weight excluding hydrogens is 368 g/mol. The molecule has 0 saturated heterocycles. The maximum atomic E-state index is 10.2. The van der Waals surface area contributed by atoms with Gasteiger partial charge in [-0.2, -0.15) is 0 Å². The molecule has 15 N–H and O–H groups in total. The fourth-order valence-corrected chi connectivity index (χ4v) is 0.701. The quantitative estimate of drug-likeness (QED) is 0.104. The highest BCUT2D eigenvalue weighted by Crippen LogP contribution is 1.94. The van der Waals surface area contributed by atoms with Gasteiger partial charge in [-0.3, -0.25) is 19.4 Å². The van der Waals surface area contributed by atoms with Crippen molar-refractivity contribution in [2.45, 2.75) is 31.9 Å². The van der Waals surface area contributed by atoms with E-state index in [1.807, 2.05) is 0 Å². The van der Waals surface area contributed by atoms with Crippen molar-refractivity contribution < 1.29 is 39.9 Å². The van der Waals surface area contributed by atoms with Crippen LogP contribution in [0.25, 0.3) is 0 Å². The Kier molecular flexibility index (Phi) is 28.0. The number of carboxylic acids is 2. The fraction of sp³-hybridized carbons (Fsp3) is 0.692. The summed E-state index contributed by atoms with van der Waals surface area (Å²) < 4.78 is 0. The third-order valence-electron chi connectivity index (χ3n) is 1.88. The van der Waals surface area contributed by atoms with Crippen LogP contribution in [0.2, 0.25) is 0 Å². The Hall–Kier alpha value is -2.52. The number of aliphatic hydroxyl groups excluding tert-OH is 3. The lowest BCUT2D eigenvalue weighted by Gasteiger charge is -2.03. The second kappa shape index (κ2) is 23.5. The van der Waals surface area contributed by atoms with Gasteiger partial charge in [0.05, 0.1) is 19.8 Å². The van der Waals surface area contributed by atoms with Crippen molar-refractivity contribution >= 4 is 23.8 Å². The number of aliphatic hydroxyl groups is 3. The minimum atomic E-state index is -1.00. The number of aliphatic imine (C=N–C) groups is 1. The number of hydrogen-bond donors (Lipinski definition) is 10. The van der Waals surface area contributed by atoms with Crippen molar-refractivity contribution in [1.82, 2.24) is 0 Å². The first kappa shape index (κ1) is 32.2. The third-order valence-corrected chi connectivity index (χ3v) is 1.88. The van der Waals surface area contributed by atoms with E-state index in [9.17, 15) is 14.4 Å². The van der Waals surface area contributed by atoms with Gasteiger partial charge < -0.3 is 54.2 Å². The molecule has 0 aromatic heterocycles. The number of nitrogens with zero attached hydrogens (tertiary/aromatic N) is 1. The van der Waals surface area contributed by atoms with Crippen LogP contribution < -0.4 is 28.7 Å². The number of guanidine groups is 1. The fourth-order valence-electron chi connectivity index (χ4n) is 0.701. The molecule has 162 valence electrons. The number of carboxylic acid groups (broad SMARTS) is 2. The normalized spacial score (nSPS) is 9.89. The van der Waals surface area contributed by atoms with Crippen LogP contribution in [-0.2, 0) is 14.4 Å². The smallest absolute Gasteiger partial charge is 0.320 e. The maximum Gasteiger partial charge on any atom is 0.320 e. The molecule has 0 aromatic rings. The number of aliphatic carboxylic acids is 2. The van der Waals surface area contributed by atoms with E-state index in [-0.39, 0.29) is 31.6 Å². The van der Waals surface area contributed by atoms with Gasteiger partial charge in [0.15, 0.2) is 5.96 Å². The number of primary amides is 1. The SMILES string of the molecule is CC(N)=O.NC(N)=NCCCC(N)C(=O)O.NCC(=O)O.OCC(O)CO. The van der Waals surface area contributed by atoms with Crippen LogP contribution in [0.1, 0.15) is 19.8 Å². The number of hydrogen-bond acceptors (Lipinski definition) is 9. The molecule has 1 unspecified atom stereocenters. The highest BCUT2D eigenvalue weighted by atomic mass is 16.4. The number of carbonyl (C=O) groups excluding carboxylic acids is 1. The van der Waals surface area contributed by atoms with E-state index in [2.05, 4.69) is 16.5 Å². The molecule has 0 radical (unpaired) electrons. The molecule has 0 bridgehead atoms. The molecule has 0 fully saturated rings. The molecular formula is C13H32N6O8. The largest absolute Gasteiger partial charge is 0.480 e. The van der Waals surface area contributed by atoms with Gasteiger partial charge in [-0.05, 0) is 12.8 Å². The first-order valence-electron chi connectivity index (χ1n) is 7.46. The van der Waals surface area contributed by atoms with Gasteiger partial charge in [0.25, 0.3) is 0 Å². The van der Waals surface area contributed by atoms with Crippen LogP contribution in [0.15, 0.2) is 4.99 Å². The zero-order valence-corrected chi connectivity index (χ0v) is 15.2. The van der Waals surface area contributed by atoms with E-state index in [1.54, 1.807) is 0 Å². The molecule has 14 heteroatoms. The Morgan fingerprint density at radius 1 is 1.04 bits per heavy atom. The molecule has 1 amide bonds. The van der Waals surface area contributed by atoms with Gasteiger partial charge in [0, 0.05) is 13.5 Å². The highest BCUT2D eigenvalue weighted by molar-refractivity contribution is 5.75. The summed E-state index contributed by atoms with van der Waals surface area (Å²) in [6, 6.07) is -0.820. The van der Waals surface area contributed by atoms with Crippen molar-refractivity contribution in [3.8, 4) is 0 Å². The zero-order chi connectivity index (χ0) is 22.4. The Balaban J connectivity index is -0.000000148. The highest BCUT2D eigenvalue weighted by Gasteiger charge is 2.09. The minimum absolute atomic E-state index is 0.0129. The van der Waals surface area contributed by atoms with Crippen molar-refractivity contribution in [2.75, 3.05) is 26.3 Å². The topological polar surface area (TPSA) is 295 Å². The van der Waals surface area contributed by atoms with E-state index in [1.165, 1.54) is 6.92 Å². The van der Waals surface area contributed by atoms with Crippen LogP contribution in [0.4, 0.5) is 0 Å². The molecule has 0 aliphatic rings. The molecule has 0 heterocycles. The second-order valence-electron chi connectivity index (χ2n) is 4.62. The Morgan fingerprint density at radius 3 is 1.59 bits per heavy atom. The first-order valence-corrected chi connectivity index (χ1v) is 7.46. The summed E-state index contributed by atoms with van der Waals surface area (Å²) >= 11 is 0. The molecule has 0 saturated carbocycles. The van der Waals surface area contributed by atoms with Gasteiger partial charge in [-0.15, -0.1) is 0 Å². The van der Waals surface area contributed by atoms with Crippen molar-refractivity contribution in [2.24, 2.45) is 33.7 Å². The summed E-state index contributed by atoms with van der Waals surface area (Å²) in [6.07, 6.45) is 0.00213. The molecule has 0 rings (SSSR count). The predicted octanol–water partition coefficient (Wildman–Crippen LogP) is -4.69. The van der Waals surface area contributed by atoms with Gasteiger partial charge in [0.1, 0.15) is 12.1 Å². The average molecular weight is 400 g/mol. The Bertz CT molecular complexity index is 410. The minimum Gasteiger partial charge on any atom is -0.480 e. The number of amides is 1. The monoisotopic (exact) mass is 400 g/mol. The van der Waals surface area contributed by atoms with E-state index >= 15 is 0 Å². The summed E-state index contributed by atoms with van der Waals surface area (Å²) in [7, 11) is 0. The molecule has 27 heavy (non-hydrogen) atoms. The van der Waals surface area contributed by atoms with Crippen LogP contribution >= 0.6 is 0 Å². The van der Waals surface area contributed by atoms with Crippen LogP contribution in [0, 0.1) is 0 Å². The van der Waals surface area contributed by atoms with E-state index < -0.39 is 24.1 Å². The Morgan fingerprint density at radius 2 is 1.41 bits per heavy atom. The molecule has 1 atom stereocenters. The lowest BCUT2D eigenvalue weighted by Crippen LogP contribution is -2.30. The zero-order valence-electron chi connectivity index (χ0n) is 15.2. The third kappa shape index (κ3) is 51.7. The number of rotatable bonds is 8. The lowest BCUT2D eigenvalue weighted by molar-refractivity contribution is -0.138. The van der Waals surface area contributed by atoms with Crippen molar-refractivity contribution in [3.05, 3.63) is 0 Å².